The zero-order valence-corrected chi connectivity index (χ0v) is 14.0. The molecule has 0 aliphatic heterocycles. The van der Waals surface area contributed by atoms with Gasteiger partial charge >= 0.3 is 6.09 Å². The summed E-state index contributed by atoms with van der Waals surface area (Å²) in [6.07, 6.45) is 9.91. The van der Waals surface area contributed by atoms with E-state index in [-0.39, 0.29) is 6.09 Å². The highest BCUT2D eigenvalue weighted by Gasteiger charge is 2.34. The molecule has 2 aliphatic carbocycles. The van der Waals surface area contributed by atoms with Crippen LogP contribution in [0.25, 0.3) is 0 Å². The van der Waals surface area contributed by atoms with Crippen molar-refractivity contribution in [3.05, 3.63) is 0 Å². The standard InChI is InChI=1S/C17H32N2O2/c1-17(2,3)21-16(20)19(15-10-11-15)13-7-12-18-14-8-5-4-6-9-14/h14-15,18H,4-13H2,1-3H3. The molecule has 2 aliphatic rings. The van der Waals surface area contributed by atoms with Crippen LogP contribution in [0, 0.1) is 0 Å². The Hall–Kier alpha value is -0.770. The Kier molecular flexibility index (Phi) is 5.91. The molecule has 0 atom stereocenters. The van der Waals surface area contributed by atoms with E-state index in [9.17, 15) is 4.79 Å². The molecule has 2 fully saturated rings. The number of rotatable bonds is 6. The third-order valence-electron chi connectivity index (χ3n) is 4.23. The molecular formula is C17H32N2O2. The summed E-state index contributed by atoms with van der Waals surface area (Å²) in [5.41, 5.74) is -0.398. The minimum Gasteiger partial charge on any atom is -0.444 e. The van der Waals surface area contributed by atoms with Crippen molar-refractivity contribution in [3.8, 4) is 0 Å². The number of hydrogen-bond donors (Lipinski definition) is 1. The molecule has 2 rings (SSSR count). The molecule has 21 heavy (non-hydrogen) atoms. The zero-order chi connectivity index (χ0) is 15.3. The van der Waals surface area contributed by atoms with Gasteiger partial charge in [-0.25, -0.2) is 4.79 Å². The van der Waals surface area contributed by atoms with Gasteiger partial charge in [0, 0.05) is 18.6 Å². The van der Waals surface area contributed by atoms with Crippen LogP contribution in [0.15, 0.2) is 0 Å². The maximum atomic E-state index is 12.2. The molecule has 0 spiro atoms. The molecule has 0 bridgehead atoms. The summed E-state index contributed by atoms with van der Waals surface area (Å²) in [4.78, 5) is 14.2. The first kappa shape index (κ1) is 16.6. The van der Waals surface area contributed by atoms with Crippen molar-refractivity contribution < 1.29 is 9.53 Å². The smallest absolute Gasteiger partial charge is 0.410 e. The van der Waals surface area contributed by atoms with Crippen LogP contribution < -0.4 is 5.32 Å². The van der Waals surface area contributed by atoms with E-state index < -0.39 is 5.60 Å². The predicted molar refractivity (Wildman–Crippen MR) is 85.5 cm³/mol. The Morgan fingerprint density at radius 1 is 1.14 bits per heavy atom. The number of nitrogens with one attached hydrogen (secondary N) is 1. The molecule has 4 nitrogen and oxygen atoms in total. The lowest BCUT2D eigenvalue weighted by Crippen LogP contribution is -2.40. The van der Waals surface area contributed by atoms with Crippen LogP contribution >= 0.6 is 0 Å². The van der Waals surface area contributed by atoms with Crippen LogP contribution in [0.5, 0.6) is 0 Å². The summed E-state index contributed by atoms with van der Waals surface area (Å²) in [6, 6.07) is 1.13. The summed E-state index contributed by atoms with van der Waals surface area (Å²) in [5.74, 6) is 0. The third-order valence-corrected chi connectivity index (χ3v) is 4.23. The van der Waals surface area contributed by atoms with Crippen molar-refractivity contribution >= 4 is 6.09 Å². The second-order valence-corrected chi connectivity index (χ2v) is 7.55. The van der Waals surface area contributed by atoms with Gasteiger partial charge in [0.05, 0.1) is 0 Å². The minimum atomic E-state index is -0.398. The Labute approximate surface area is 129 Å². The average molecular weight is 296 g/mol. The van der Waals surface area contributed by atoms with E-state index in [1.807, 2.05) is 25.7 Å². The van der Waals surface area contributed by atoms with Crippen molar-refractivity contribution in [3.63, 3.8) is 0 Å². The number of ether oxygens (including phenoxy) is 1. The normalized spacial score (nSPS) is 20.3. The van der Waals surface area contributed by atoms with Gasteiger partial charge in [-0.15, -0.1) is 0 Å². The van der Waals surface area contributed by atoms with Crippen molar-refractivity contribution in [2.45, 2.75) is 89.8 Å². The fourth-order valence-electron chi connectivity index (χ4n) is 2.99. The maximum Gasteiger partial charge on any atom is 0.410 e. The molecule has 0 heterocycles. The Balaban J connectivity index is 1.67. The molecule has 2 saturated carbocycles. The number of nitrogens with zero attached hydrogens (tertiary/aromatic N) is 1. The van der Waals surface area contributed by atoms with Crippen LogP contribution in [-0.4, -0.2) is 41.8 Å². The van der Waals surface area contributed by atoms with Crippen LogP contribution in [-0.2, 0) is 4.74 Å². The number of carbonyl (C=O) groups excluding carboxylic acids is 1. The number of hydrogen-bond acceptors (Lipinski definition) is 3. The van der Waals surface area contributed by atoms with Gasteiger partial charge in [0.15, 0.2) is 0 Å². The minimum absolute atomic E-state index is 0.136. The summed E-state index contributed by atoms with van der Waals surface area (Å²) in [5, 5.41) is 3.64. The molecule has 0 aromatic carbocycles. The number of carbonyl (C=O) groups is 1. The molecule has 122 valence electrons. The topological polar surface area (TPSA) is 41.6 Å². The second-order valence-electron chi connectivity index (χ2n) is 7.55. The average Bonchev–Trinajstić information content (AvgIpc) is 3.22. The highest BCUT2D eigenvalue weighted by atomic mass is 16.6. The van der Waals surface area contributed by atoms with Gasteiger partial charge in [0.2, 0.25) is 0 Å². The van der Waals surface area contributed by atoms with Crippen LogP contribution in [0.1, 0.15) is 72.1 Å². The van der Waals surface area contributed by atoms with Gasteiger partial charge in [0.25, 0.3) is 0 Å². The lowest BCUT2D eigenvalue weighted by Gasteiger charge is -2.28. The molecule has 0 saturated heterocycles. The Bertz CT molecular complexity index is 328. The van der Waals surface area contributed by atoms with Crippen molar-refractivity contribution in [2.24, 2.45) is 0 Å². The molecule has 0 radical (unpaired) electrons. The van der Waals surface area contributed by atoms with Gasteiger partial charge in [-0.05, 0) is 59.4 Å². The van der Waals surface area contributed by atoms with Crippen molar-refractivity contribution in [1.82, 2.24) is 10.2 Å². The lowest BCUT2D eigenvalue weighted by atomic mass is 9.95. The molecular weight excluding hydrogens is 264 g/mol. The summed E-state index contributed by atoms with van der Waals surface area (Å²) in [6.45, 7) is 7.62. The molecule has 1 amide bonds. The highest BCUT2D eigenvalue weighted by Crippen LogP contribution is 2.28. The summed E-state index contributed by atoms with van der Waals surface area (Å²) < 4.78 is 5.51. The van der Waals surface area contributed by atoms with E-state index in [0.29, 0.717) is 12.1 Å². The summed E-state index contributed by atoms with van der Waals surface area (Å²) in [7, 11) is 0. The fraction of sp³-hybridized carbons (Fsp3) is 0.941. The van der Waals surface area contributed by atoms with Gasteiger partial charge in [-0.1, -0.05) is 19.3 Å². The zero-order valence-electron chi connectivity index (χ0n) is 14.0. The monoisotopic (exact) mass is 296 g/mol. The van der Waals surface area contributed by atoms with Gasteiger partial charge in [-0.2, -0.15) is 0 Å². The quantitative estimate of drug-likeness (QED) is 0.760. The second kappa shape index (κ2) is 7.48. The van der Waals surface area contributed by atoms with Gasteiger partial charge < -0.3 is 15.0 Å². The maximum absolute atomic E-state index is 12.2. The first-order valence-electron chi connectivity index (χ1n) is 8.69. The van der Waals surface area contributed by atoms with E-state index in [4.69, 9.17) is 4.74 Å². The SMILES string of the molecule is CC(C)(C)OC(=O)N(CCCNC1CCCCC1)C1CC1. The Morgan fingerprint density at radius 3 is 2.38 bits per heavy atom. The Morgan fingerprint density at radius 2 is 1.81 bits per heavy atom. The van der Waals surface area contributed by atoms with Gasteiger partial charge in [0.1, 0.15) is 5.60 Å². The van der Waals surface area contributed by atoms with E-state index >= 15 is 0 Å². The first-order valence-corrected chi connectivity index (χ1v) is 8.69. The first-order chi connectivity index (χ1) is 9.96. The third kappa shape index (κ3) is 6.25. The van der Waals surface area contributed by atoms with Crippen LogP contribution in [0.2, 0.25) is 0 Å². The van der Waals surface area contributed by atoms with Gasteiger partial charge in [-0.3, -0.25) is 0 Å². The molecule has 0 aromatic rings. The van der Waals surface area contributed by atoms with E-state index in [1.165, 1.54) is 32.1 Å². The van der Waals surface area contributed by atoms with Crippen molar-refractivity contribution in [1.29, 1.82) is 0 Å². The summed E-state index contributed by atoms with van der Waals surface area (Å²) >= 11 is 0. The van der Waals surface area contributed by atoms with Crippen LogP contribution in [0.3, 0.4) is 0 Å². The van der Waals surface area contributed by atoms with Crippen LogP contribution in [0.4, 0.5) is 4.79 Å². The lowest BCUT2D eigenvalue weighted by molar-refractivity contribution is 0.0231. The largest absolute Gasteiger partial charge is 0.444 e. The van der Waals surface area contributed by atoms with E-state index in [0.717, 1.165) is 32.4 Å². The molecule has 4 heteroatoms. The molecule has 1 N–H and O–H groups in total. The van der Waals surface area contributed by atoms with Crippen molar-refractivity contribution in [2.75, 3.05) is 13.1 Å². The number of amides is 1. The molecule has 0 aromatic heterocycles. The fourth-order valence-corrected chi connectivity index (χ4v) is 2.99. The van der Waals surface area contributed by atoms with E-state index in [1.54, 1.807) is 0 Å². The van der Waals surface area contributed by atoms with E-state index in [2.05, 4.69) is 5.32 Å². The molecule has 0 unspecified atom stereocenters. The highest BCUT2D eigenvalue weighted by molar-refractivity contribution is 5.69. The predicted octanol–water partition coefficient (Wildman–Crippen LogP) is 3.70.